The van der Waals surface area contributed by atoms with E-state index in [9.17, 15) is 9.59 Å². The second-order valence-corrected chi connectivity index (χ2v) is 8.31. The number of amides is 1. The van der Waals surface area contributed by atoms with Crippen molar-refractivity contribution in [3.63, 3.8) is 0 Å². The first-order chi connectivity index (χ1) is 13.7. The van der Waals surface area contributed by atoms with Crippen LogP contribution in [0.4, 0.5) is 0 Å². The zero-order chi connectivity index (χ0) is 19.8. The second-order valence-electron chi connectivity index (χ2n) is 8.31. The van der Waals surface area contributed by atoms with E-state index in [2.05, 4.69) is 22.8 Å². The minimum Gasteiger partial charge on any atom is -0.469 e. The van der Waals surface area contributed by atoms with Gasteiger partial charge in [-0.05, 0) is 94.0 Å². The van der Waals surface area contributed by atoms with E-state index in [4.69, 9.17) is 4.74 Å². The van der Waals surface area contributed by atoms with Crippen LogP contribution in [0, 0.1) is 5.92 Å². The summed E-state index contributed by atoms with van der Waals surface area (Å²) in [6, 6.07) is 8.48. The Hall–Kier alpha value is -1.59. The van der Waals surface area contributed by atoms with Crippen LogP contribution in [0.15, 0.2) is 24.3 Å². The van der Waals surface area contributed by atoms with Crippen molar-refractivity contribution in [3.8, 4) is 0 Å². The molecular formula is C23H35ClN2O3. The van der Waals surface area contributed by atoms with E-state index >= 15 is 0 Å². The Labute approximate surface area is 180 Å². The molecule has 1 saturated carbocycles. The smallest absolute Gasteiger partial charge is 0.305 e. The monoisotopic (exact) mass is 422 g/mol. The Balaban J connectivity index is 0.00000300. The molecule has 162 valence electrons. The largest absolute Gasteiger partial charge is 0.469 e. The van der Waals surface area contributed by atoms with Crippen molar-refractivity contribution < 1.29 is 14.3 Å². The van der Waals surface area contributed by atoms with E-state index in [1.54, 1.807) is 0 Å². The molecule has 0 aromatic heterocycles. The van der Waals surface area contributed by atoms with Gasteiger partial charge >= 0.3 is 5.97 Å². The highest BCUT2D eigenvalue weighted by Gasteiger charge is 2.23. The van der Waals surface area contributed by atoms with Gasteiger partial charge in [0.05, 0.1) is 7.11 Å². The molecule has 0 bridgehead atoms. The standard InChI is InChI=1S/C23H34N2O3.ClH/c1-28-22(26)4-2-3-17-5-11-21(12-6-17)25-23(27)20-9-7-18(8-10-20)19-13-15-24-16-14-19;/h7-10,17,19,21,24H,2-6,11-16H2,1H3,(H,25,27);1H. The number of hydrogen-bond acceptors (Lipinski definition) is 4. The van der Waals surface area contributed by atoms with Crippen LogP contribution in [0.5, 0.6) is 0 Å². The SMILES string of the molecule is COC(=O)CCCC1CCC(NC(=O)c2ccc(C3CCNCC3)cc2)CC1.Cl. The van der Waals surface area contributed by atoms with Crippen LogP contribution < -0.4 is 10.6 Å². The molecule has 0 spiro atoms. The van der Waals surface area contributed by atoms with Crippen LogP contribution in [0.2, 0.25) is 0 Å². The molecule has 2 fully saturated rings. The summed E-state index contributed by atoms with van der Waals surface area (Å²) in [6.45, 7) is 2.16. The van der Waals surface area contributed by atoms with Crippen molar-refractivity contribution in [2.45, 2.75) is 69.7 Å². The number of halogens is 1. The van der Waals surface area contributed by atoms with Crippen LogP contribution in [-0.2, 0) is 9.53 Å². The molecule has 6 heteroatoms. The number of esters is 1. The van der Waals surface area contributed by atoms with E-state index in [1.807, 2.05) is 12.1 Å². The number of ether oxygens (including phenoxy) is 1. The molecule has 1 saturated heterocycles. The second kappa shape index (κ2) is 12.2. The molecule has 1 aliphatic carbocycles. The lowest BCUT2D eigenvalue weighted by atomic mass is 9.83. The van der Waals surface area contributed by atoms with E-state index < -0.39 is 0 Å². The highest BCUT2D eigenvalue weighted by Crippen LogP contribution is 2.29. The number of carbonyl (C=O) groups excluding carboxylic acids is 2. The first kappa shape index (κ1) is 23.7. The summed E-state index contributed by atoms with van der Waals surface area (Å²) in [4.78, 5) is 23.8. The zero-order valence-corrected chi connectivity index (χ0v) is 18.3. The van der Waals surface area contributed by atoms with Crippen molar-refractivity contribution in [1.29, 1.82) is 0 Å². The molecule has 0 atom stereocenters. The molecule has 29 heavy (non-hydrogen) atoms. The van der Waals surface area contributed by atoms with Crippen molar-refractivity contribution in [2.75, 3.05) is 20.2 Å². The van der Waals surface area contributed by atoms with Gasteiger partial charge in [0, 0.05) is 18.0 Å². The Morgan fingerprint density at radius 1 is 1.03 bits per heavy atom. The van der Waals surface area contributed by atoms with Gasteiger partial charge in [-0.2, -0.15) is 0 Å². The van der Waals surface area contributed by atoms with Gasteiger partial charge in [0.2, 0.25) is 0 Å². The maximum absolute atomic E-state index is 12.6. The molecule has 2 N–H and O–H groups in total. The Kier molecular flexibility index (Phi) is 9.95. The van der Waals surface area contributed by atoms with E-state index in [1.165, 1.54) is 25.5 Å². The zero-order valence-electron chi connectivity index (χ0n) is 17.5. The third kappa shape index (κ3) is 7.31. The number of piperidine rings is 1. The average Bonchev–Trinajstić information content (AvgIpc) is 2.75. The van der Waals surface area contributed by atoms with Gasteiger partial charge < -0.3 is 15.4 Å². The quantitative estimate of drug-likeness (QED) is 0.646. The molecular weight excluding hydrogens is 388 g/mol. The van der Waals surface area contributed by atoms with Gasteiger partial charge in [-0.15, -0.1) is 12.4 Å². The lowest BCUT2D eigenvalue weighted by Crippen LogP contribution is -2.37. The molecule has 1 aliphatic heterocycles. The predicted octanol–water partition coefficient (Wildman–Crippen LogP) is 4.21. The summed E-state index contributed by atoms with van der Waals surface area (Å²) in [5.74, 6) is 1.22. The highest BCUT2D eigenvalue weighted by molar-refractivity contribution is 5.94. The summed E-state index contributed by atoms with van der Waals surface area (Å²) < 4.78 is 4.69. The number of nitrogens with one attached hydrogen (secondary N) is 2. The molecule has 0 radical (unpaired) electrons. The fraction of sp³-hybridized carbons (Fsp3) is 0.652. The van der Waals surface area contributed by atoms with Crippen molar-refractivity contribution in [3.05, 3.63) is 35.4 Å². The van der Waals surface area contributed by atoms with Crippen LogP contribution in [0.3, 0.4) is 0 Å². The van der Waals surface area contributed by atoms with E-state index in [0.717, 1.165) is 57.2 Å². The number of carbonyl (C=O) groups is 2. The topological polar surface area (TPSA) is 67.4 Å². The van der Waals surface area contributed by atoms with Crippen molar-refractivity contribution in [1.82, 2.24) is 10.6 Å². The van der Waals surface area contributed by atoms with Gasteiger partial charge in [0.15, 0.2) is 0 Å². The van der Waals surface area contributed by atoms with E-state index in [-0.39, 0.29) is 30.3 Å². The van der Waals surface area contributed by atoms with Crippen LogP contribution >= 0.6 is 12.4 Å². The molecule has 1 heterocycles. The van der Waals surface area contributed by atoms with Crippen LogP contribution in [-0.4, -0.2) is 38.1 Å². The Morgan fingerprint density at radius 2 is 1.69 bits per heavy atom. The molecule has 2 aliphatic rings. The molecule has 1 amide bonds. The summed E-state index contributed by atoms with van der Waals surface area (Å²) in [5.41, 5.74) is 2.11. The van der Waals surface area contributed by atoms with Gasteiger partial charge in [0.25, 0.3) is 5.91 Å². The van der Waals surface area contributed by atoms with Crippen molar-refractivity contribution >= 4 is 24.3 Å². The van der Waals surface area contributed by atoms with Crippen molar-refractivity contribution in [2.24, 2.45) is 5.92 Å². The number of benzene rings is 1. The van der Waals surface area contributed by atoms with Crippen LogP contribution in [0.25, 0.3) is 0 Å². The number of rotatable bonds is 7. The van der Waals surface area contributed by atoms with Gasteiger partial charge in [-0.25, -0.2) is 0 Å². The summed E-state index contributed by atoms with van der Waals surface area (Å²) >= 11 is 0. The molecule has 0 unspecified atom stereocenters. The van der Waals surface area contributed by atoms with Gasteiger partial charge in [0.1, 0.15) is 0 Å². The number of hydrogen-bond donors (Lipinski definition) is 2. The third-order valence-electron chi connectivity index (χ3n) is 6.39. The first-order valence-electron chi connectivity index (χ1n) is 10.8. The third-order valence-corrected chi connectivity index (χ3v) is 6.39. The highest BCUT2D eigenvalue weighted by atomic mass is 35.5. The molecule has 1 aromatic rings. The normalized spacial score (nSPS) is 22.4. The van der Waals surface area contributed by atoms with Crippen LogP contribution in [0.1, 0.15) is 79.6 Å². The fourth-order valence-corrected chi connectivity index (χ4v) is 4.56. The predicted molar refractivity (Wildman–Crippen MR) is 118 cm³/mol. The lowest BCUT2D eigenvalue weighted by Gasteiger charge is -2.29. The summed E-state index contributed by atoms with van der Waals surface area (Å²) in [7, 11) is 1.44. The summed E-state index contributed by atoms with van der Waals surface area (Å²) in [5, 5.41) is 6.61. The molecule has 1 aromatic carbocycles. The Morgan fingerprint density at radius 3 is 2.31 bits per heavy atom. The minimum absolute atomic E-state index is 0. The van der Waals surface area contributed by atoms with Gasteiger partial charge in [-0.1, -0.05) is 12.1 Å². The number of methoxy groups -OCH3 is 1. The summed E-state index contributed by atoms with van der Waals surface area (Å²) in [6.07, 6.45) is 9.15. The maximum Gasteiger partial charge on any atom is 0.305 e. The minimum atomic E-state index is -0.118. The molecule has 3 rings (SSSR count). The maximum atomic E-state index is 12.6. The molecule has 5 nitrogen and oxygen atoms in total. The van der Waals surface area contributed by atoms with Gasteiger partial charge in [-0.3, -0.25) is 9.59 Å². The Bertz CT molecular complexity index is 636. The fourth-order valence-electron chi connectivity index (χ4n) is 4.56. The first-order valence-corrected chi connectivity index (χ1v) is 10.8. The average molecular weight is 423 g/mol. The van der Waals surface area contributed by atoms with E-state index in [0.29, 0.717) is 18.3 Å². The lowest BCUT2D eigenvalue weighted by molar-refractivity contribution is -0.140.